The van der Waals surface area contributed by atoms with Gasteiger partial charge in [-0.25, -0.2) is 4.99 Å². The molecule has 8 heteroatoms. The minimum Gasteiger partial charge on any atom is -0.353 e. The van der Waals surface area contributed by atoms with Gasteiger partial charge in [0, 0.05) is 39.1 Å². The Bertz CT molecular complexity index is 490. The number of hydrogen-bond donors (Lipinski definition) is 1. The molecule has 3 rings (SSSR count). The minimum absolute atomic E-state index is 0. The molecule has 1 saturated carbocycles. The molecule has 3 aliphatic rings. The molecule has 1 amide bonds. The summed E-state index contributed by atoms with van der Waals surface area (Å²) in [5.41, 5.74) is 0. The third-order valence-electron chi connectivity index (χ3n) is 5.10. The summed E-state index contributed by atoms with van der Waals surface area (Å²) in [7, 11) is 3.52. The molecule has 25 heavy (non-hydrogen) atoms. The van der Waals surface area contributed by atoms with Gasteiger partial charge in [0.05, 0.1) is 13.2 Å². The van der Waals surface area contributed by atoms with E-state index >= 15 is 0 Å². The molecule has 0 radical (unpaired) electrons. The summed E-state index contributed by atoms with van der Waals surface area (Å²) in [6.45, 7) is 5.39. The van der Waals surface area contributed by atoms with Gasteiger partial charge in [-0.05, 0) is 32.6 Å². The fourth-order valence-electron chi connectivity index (χ4n) is 3.29. The molecule has 0 aromatic carbocycles. The molecule has 0 bridgehead atoms. The number of rotatable bonds is 4. The van der Waals surface area contributed by atoms with Crippen molar-refractivity contribution in [2.75, 3.05) is 46.9 Å². The third kappa shape index (κ3) is 5.43. The number of halogens is 1. The largest absolute Gasteiger partial charge is 0.353 e. The van der Waals surface area contributed by atoms with Crippen molar-refractivity contribution in [3.63, 3.8) is 0 Å². The van der Waals surface area contributed by atoms with Gasteiger partial charge >= 0.3 is 0 Å². The maximum atomic E-state index is 11.9. The number of carbonyl (C=O) groups is 1. The maximum absolute atomic E-state index is 11.9. The molecule has 2 aliphatic heterocycles. The molecule has 1 N–H and O–H groups in total. The summed E-state index contributed by atoms with van der Waals surface area (Å²) in [6.07, 6.45) is 4.55. The third-order valence-corrected chi connectivity index (χ3v) is 5.10. The van der Waals surface area contributed by atoms with Crippen molar-refractivity contribution in [3.05, 3.63) is 0 Å². The number of ether oxygens (including phenoxy) is 2. The Kier molecular flexibility index (Phi) is 7.33. The van der Waals surface area contributed by atoms with Crippen molar-refractivity contribution in [2.45, 2.75) is 44.4 Å². The average Bonchev–Trinajstić information content (AvgIpc) is 3.29. The zero-order chi connectivity index (χ0) is 17.2. The Morgan fingerprint density at radius 2 is 1.96 bits per heavy atom. The lowest BCUT2D eigenvalue weighted by Gasteiger charge is -2.41. The van der Waals surface area contributed by atoms with Crippen molar-refractivity contribution >= 4 is 35.8 Å². The van der Waals surface area contributed by atoms with Crippen LogP contribution < -0.4 is 5.32 Å². The van der Waals surface area contributed by atoms with E-state index in [0.717, 1.165) is 31.9 Å². The quantitative estimate of drug-likeness (QED) is 0.384. The van der Waals surface area contributed by atoms with Crippen molar-refractivity contribution in [3.8, 4) is 0 Å². The van der Waals surface area contributed by atoms with Crippen LogP contribution in [0.15, 0.2) is 4.99 Å². The van der Waals surface area contributed by atoms with Crippen LogP contribution in [0.4, 0.5) is 0 Å². The first-order valence-electron chi connectivity index (χ1n) is 9.02. The van der Waals surface area contributed by atoms with Crippen LogP contribution in [0.25, 0.3) is 0 Å². The van der Waals surface area contributed by atoms with E-state index in [0.29, 0.717) is 25.2 Å². The molecule has 144 valence electrons. The molecule has 2 heterocycles. The van der Waals surface area contributed by atoms with Crippen LogP contribution in [0.3, 0.4) is 0 Å². The van der Waals surface area contributed by atoms with Crippen LogP contribution in [0, 0.1) is 5.92 Å². The molecule has 0 aromatic rings. The minimum atomic E-state index is -0.483. The predicted molar refractivity (Wildman–Crippen MR) is 107 cm³/mol. The number of piperidine rings is 1. The molecule has 0 aromatic heterocycles. The number of aliphatic imine (C=N–C) groups is 1. The molecule has 3 fully saturated rings. The number of amides is 1. The van der Waals surface area contributed by atoms with E-state index in [1.807, 2.05) is 0 Å². The summed E-state index contributed by atoms with van der Waals surface area (Å²) in [5, 5.41) is 3.50. The Morgan fingerprint density at radius 3 is 2.56 bits per heavy atom. The Balaban J connectivity index is 0.00000225. The fourth-order valence-corrected chi connectivity index (χ4v) is 3.29. The van der Waals surface area contributed by atoms with E-state index in [9.17, 15) is 4.79 Å². The van der Waals surface area contributed by atoms with Gasteiger partial charge in [-0.1, -0.05) is 0 Å². The number of likely N-dealkylation sites (N-methyl/N-ethyl adjacent to an activating group) is 1. The molecule has 0 spiro atoms. The van der Waals surface area contributed by atoms with E-state index < -0.39 is 5.79 Å². The Labute approximate surface area is 167 Å². The highest BCUT2D eigenvalue weighted by atomic mass is 127. The molecule has 1 atom stereocenters. The highest BCUT2D eigenvalue weighted by molar-refractivity contribution is 14.0. The summed E-state index contributed by atoms with van der Waals surface area (Å²) in [4.78, 5) is 20.3. The lowest BCUT2D eigenvalue weighted by molar-refractivity contribution is -0.189. The van der Waals surface area contributed by atoms with Gasteiger partial charge in [-0.15, -0.1) is 24.0 Å². The highest BCUT2D eigenvalue weighted by Crippen LogP contribution is 2.34. The molecule has 7 nitrogen and oxygen atoms in total. The number of nitrogens with one attached hydrogen (secondary N) is 1. The lowest BCUT2D eigenvalue weighted by Crippen LogP contribution is -2.52. The van der Waals surface area contributed by atoms with E-state index in [1.54, 1.807) is 19.0 Å². The zero-order valence-electron chi connectivity index (χ0n) is 15.5. The smallest absolute Gasteiger partial charge is 0.243 e. The number of hydrogen-bond acceptors (Lipinski definition) is 4. The molecule has 2 saturated heterocycles. The van der Waals surface area contributed by atoms with Crippen molar-refractivity contribution in [2.24, 2.45) is 10.9 Å². The summed E-state index contributed by atoms with van der Waals surface area (Å²) >= 11 is 0. The van der Waals surface area contributed by atoms with Gasteiger partial charge in [0.2, 0.25) is 5.91 Å². The van der Waals surface area contributed by atoms with Crippen LogP contribution in [0.2, 0.25) is 0 Å². The molecular weight excluding hydrogens is 435 g/mol. The van der Waals surface area contributed by atoms with E-state index in [-0.39, 0.29) is 36.4 Å². The summed E-state index contributed by atoms with van der Waals surface area (Å²) in [5.74, 6) is 0.722. The van der Waals surface area contributed by atoms with E-state index in [1.165, 1.54) is 12.8 Å². The van der Waals surface area contributed by atoms with Crippen LogP contribution >= 0.6 is 24.0 Å². The van der Waals surface area contributed by atoms with Gasteiger partial charge in [0.1, 0.15) is 6.54 Å². The first-order chi connectivity index (χ1) is 11.5. The van der Waals surface area contributed by atoms with Gasteiger partial charge in [0.25, 0.3) is 0 Å². The average molecular weight is 466 g/mol. The van der Waals surface area contributed by atoms with E-state index in [4.69, 9.17) is 9.47 Å². The van der Waals surface area contributed by atoms with Gasteiger partial charge < -0.3 is 24.6 Å². The normalized spacial score (nSPS) is 26.1. The predicted octanol–water partition coefficient (Wildman–Crippen LogP) is 1.28. The Hall–Kier alpha value is -0.610. The first kappa shape index (κ1) is 20.7. The van der Waals surface area contributed by atoms with Crippen LogP contribution in [-0.4, -0.2) is 80.4 Å². The molecular formula is C17H31IN4O3. The van der Waals surface area contributed by atoms with Crippen LogP contribution in [0.5, 0.6) is 0 Å². The number of carbonyl (C=O) groups excluding carboxylic acids is 1. The first-order valence-corrected chi connectivity index (χ1v) is 9.02. The van der Waals surface area contributed by atoms with Gasteiger partial charge in [-0.2, -0.15) is 0 Å². The second-order valence-electron chi connectivity index (χ2n) is 7.34. The van der Waals surface area contributed by atoms with Gasteiger partial charge in [-0.3, -0.25) is 4.79 Å². The SMILES string of the molecule is CN(C)C(=O)CN=C(NC1CC1)N1CCCC(C2(C)OCCO2)C1.I. The number of guanidine groups is 1. The number of nitrogens with zero attached hydrogens (tertiary/aromatic N) is 3. The lowest BCUT2D eigenvalue weighted by atomic mass is 9.90. The van der Waals surface area contributed by atoms with E-state index in [2.05, 4.69) is 22.1 Å². The second kappa shape index (κ2) is 8.85. The summed E-state index contributed by atoms with van der Waals surface area (Å²) in [6, 6.07) is 0.508. The second-order valence-corrected chi connectivity index (χ2v) is 7.34. The van der Waals surface area contributed by atoms with Gasteiger partial charge in [0.15, 0.2) is 11.7 Å². The van der Waals surface area contributed by atoms with Crippen molar-refractivity contribution in [1.82, 2.24) is 15.1 Å². The van der Waals surface area contributed by atoms with Crippen molar-refractivity contribution in [1.29, 1.82) is 0 Å². The molecule has 1 unspecified atom stereocenters. The van der Waals surface area contributed by atoms with Crippen LogP contribution in [-0.2, 0) is 14.3 Å². The van der Waals surface area contributed by atoms with Crippen molar-refractivity contribution < 1.29 is 14.3 Å². The maximum Gasteiger partial charge on any atom is 0.243 e. The number of likely N-dealkylation sites (tertiary alicyclic amines) is 1. The fraction of sp³-hybridized carbons (Fsp3) is 0.882. The standard InChI is InChI=1S/C17H30N4O3.HI/c1-17(23-9-10-24-17)13-5-4-8-21(12-13)16(19-14-6-7-14)18-11-15(22)20(2)3;/h13-14H,4-12H2,1-3H3,(H,18,19);1H. The zero-order valence-corrected chi connectivity index (χ0v) is 17.8. The summed E-state index contributed by atoms with van der Waals surface area (Å²) < 4.78 is 11.7. The monoisotopic (exact) mass is 466 g/mol. The molecule has 1 aliphatic carbocycles. The van der Waals surface area contributed by atoms with Crippen LogP contribution in [0.1, 0.15) is 32.6 Å². The topological polar surface area (TPSA) is 66.4 Å². The Morgan fingerprint density at radius 1 is 1.28 bits per heavy atom. The highest BCUT2D eigenvalue weighted by Gasteiger charge is 2.42.